The van der Waals surface area contributed by atoms with E-state index in [9.17, 15) is 24.0 Å². The molecule has 1 heterocycles. The maximum Gasteiger partial charge on any atom is 0.259 e. The molecular formula is C10H15N5O6. The van der Waals surface area contributed by atoms with Crippen molar-refractivity contribution in [3.63, 3.8) is 0 Å². The van der Waals surface area contributed by atoms with Crippen LogP contribution in [0.4, 0.5) is 0 Å². The summed E-state index contributed by atoms with van der Waals surface area (Å²) in [6.07, 6.45) is 0.00829. The number of carbonyl (C=O) groups is 5. The first-order valence-electron chi connectivity index (χ1n) is 5.90. The van der Waals surface area contributed by atoms with Crippen molar-refractivity contribution in [1.29, 1.82) is 0 Å². The smallest absolute Gasteiger partial charge is 0.259 e. The van der Waals surface area contributed by atoms with Gasteiger partial charge in [0.25, 0.3) is 17.7 Å². The highest BCUT2D eigenvalue weighted by molar-refractivity contribution is 6.00. The van der Waals surface area contributed by atoms with Crippen molar-refractivity contribution in [3.05, 3.63) is 0 Å². The first-order valence-corrected chi connectivity index (χ1v) is 5.90. The Morgan fingerprint density at radius 3 is 1.95 bits per heavy atom. The number of nitrogens with one attached hydrogen (secondary N) is 1. The third kappa shape index (κ3) is 5.54. The number of imide groups is 1. The number of nitrogens with two attached hydrogens (primary N) is 2. The summed E-state index contributed by atoms with van der Waals surface area (Å²) in [6.45, 7) is -1.15. The minimum atomic E-state index is -0.787. The number of amides is 5. The standard InChI is InChI=1S/C10H15N5O6/c11-6(16)3-14(4-7(12)17)5-8(18)13-21-15-9(19)1-2-10(15)20/h1-5H2,(H2,11,16)(H2,12,17)(H,13,18). The van der Waals surface area contributed by atoms with Crippen LogP contribution >= 0.6 is 0 Å². The normalized spacial score (nSPS) is 14.6. The molecule has 0 aliphatic carbocycles. The summed E-state index contributed by atoms with van der Waals surface area (Å²) in [5, 5.41) is 0.435. The molecule has 5 N–H and O–H groups in total. The SMILES string of the molecule is NC(=O)CN(CC(N)=O)CC(=O)NON1C(=O)CCC1=O. The zero-order chi connectivity index (χ0) is 16.0. The number of hydrogen-bond acceptors (Lipinski definition) is 7. The van der Waals surface area contributed by atoms with Gasteiger partial charge in [-0.15, -0.1) is 10.0 Å². The molecule has 21 heavy (non-hydrogen) atoms. The number of hydrogen-bond donors (Lipinski definition) is 3. The molecule has 11 heteroatoms. The Kier molecular flexibility index (Phi) is 5.75. The van der Waals surface area contributed by atoms with Gasteiger partial charge in [-0.2, -0.15) is 0 Å². The topological polar surface area (TPSA) is 165 Å². The van der Waals surface area contributed by atoms with Gasteiger partial charge in [-0.25, -0.2) is 5.48 Å². The molecule has 0 aromatic rings. The zero-order valence-electron chi connectivity index (χ0n) is 11.0. The van der Waals surface area contributed by atoms with Crippen molar-refractivity contribution < 1.29 is 28.9 Å². The lowest BCUT2D eigenvalue weighted by atomic mass is 10.4. The summed E-state index contributed by atoms with van der Waals surface area (Å²) < 4.78 is 0. The van der Waals surface area contributed by atoms with Crippen molar-refractivity contribution >= 4 is 29.5 Å². The molecule has 0 atom stereocenters. The first-order chi connectivity index (χ1) is 9.79. The summed E-state index contributed by atoms with van der Waals surface area (Å²) >= 11 is 0. The van der Waals surface area contributed by atoms with E-state index in [2.05, 4.69) is 4.94 Å². The summed E-state index contributed by atoms with van der Waals surface area (Å²) in [5.74, 6) is -3.45. The third-order valence-corrected chi connectivity index (χ3v) is 2.38. The quantitative estimate of drug-likeness (QED) is 0.307. The highest BCUT2D eigenvalue weighted by Crippen LogP contribution is 2.10. The average molecular weight is 301 g/mol. The summed E-state index contributed by atoms with van der Waals surface area (Å²) in [7, 11) is 0. The maximum atomic E-state index is 11.6. The molecule has 0 spiro atoms. The molecule has 0 bridgehead atoms. The molecule has 5 amide bonds. The molecule has 0 radical (unpaired) electrons. The van der Waals surface area contributed by atoms with Crippen molar-refractivity contribution in [3.8, 4) is 0 Å². The molecule has 0 aromatic carbocycles. The Balaban J connectivity index is 2.46. The van der Waals surface area contributed by atoms with E-state index < -0.39 is 36.1 Å². The maximum absolute atomic E-state index is 11.6. The lowest BCUT2D eigenvalue weighted by Gasteiger charge is -2.19. The van der Waals surface area contributed by atoms with Crippen molar-refractivity contribution in [2.45, 2.75) is 12.8 Å². The van der Waals surface area contributed by atoms with Gasteiger partial charge in [0.15, 0.2) is 0 Å². The van der Waals surface area contributed by atoms with Gasteiger partial charge >= 0.3 is 0 Å². The minimum Gasteiger partial charge on any atom is -0.369 e. The van der Waals surface area contributed by atoms with Crippen LogP contribution in [0.15, 0.2) is 0 Å². The van der Waals surface area contributed by atoms with Crippen molar-refractivity contribution in [2.75, 3.05) is 19.6 Å². The van der Waals surface area contributed by atoms with Gasteiger partial charge in [-0.3, -0.25) is 28.9 Å². The zero-order valence-corrected chi connectivity index (χ0v) is 11.0. The number of hydroxylamine groups is 3. The second kappa shape index (κ2) is 7.31. The van der Waals surface area contributed by atoms with Crippen LogP contribution in [-0.2, 0) is 28.9 Å². The van der Waals surface area contributed by atoms with Gasteiger partial charge in [-0.1, -0.05) is 0 Å². The predicted molar refractivity (Wildman–Crippen MR) is 65.1 cm³/mol. The fourth-order valence-electron chi connectivity index (χ4n) is 1.60. The van der Waals surface area contributed by atoms with Crippen LogP contribution in [0, 0.1) is 0 Å². The Labute approximate surface area is 119 Å². The molecule has 1 rings (SSSR count). The molecule has 0 unspecified atom stereocenters. The summed E-state index contributed by atoms with van der Waals surface area (Å²) in [5.41, 5.74) is 11.8. The first kappa shape index (κ1) is 16.5. The van der Waals surface area contributed by atoms with E-state index in [1.54, 1.807) is 0 Å². The van der Waals surface area contributed by atoms with E-state index >= 15 is 0 Å². The predicted octanol–water partition coefficient (Wildman–Crippen LogP) is -3.63. The summed E-state index contributed by atoms with van der Waals surface area (Å²) in [4.78, 5) is 61.2. The second-order valence-electron chi connectivity index (χ2n) is 4.28. The van der Waals surface area contributed by atoms with Crippen molar-refractivity contribution in [1.82, 2.24) is 15.4 Å². The minimum absolute atomic E-state index is 0.00415. The Bertz CT molecular complexity index is 447. The van der Waals surface area contributed by atoms with Gasteiger partial charge in [0.2, 0.25) is 11.8 Å². The van der Waals surface area contributed by atoms with Gasteiger partial charge in [0.1, 0.15) is 0 Å². The Morgan fingerprint density at radius 1 is 1.05 bits per heavy atom. The molecule has 116 valence electrons. The average Bonchev–Trinajstić information content (AvgIpc) is 2.64. The molecule has 1 aliphatic heterocycles. The van der Waals surface area contributed by atoms with Crippen LogP contribution < -0.4 is 16.9 Å². The van der Waals surface area contributed by atoms with E-state index in [4.69, 9.17) is 11.5 Å². The van der Waals surface area contributed by atoms with Crippen LogP contribution in [0.5, 0.6) is 0 Å². The van der Waals surface area contributed by atoms with Crippen LogP contribution in [-0.4, -0.2) is 59.1 Å². The Hall–Kier alpha value is -2.53. The highest BCUT2D eigenvalue weighted by atomic mass is 16.8. The molecule has 1 saturated heterocycles. The van der Waals surface area contributed by atoms with E-state index in [1.807, 2.05) is 5.48 Å². The van der Waals surface area contributed by atoms with Crippen LogP contribution in [0.1, 0.15) is 12.8 Å². The molecule has 1 fully saturated rings. The third-order valence-electron chi connectivity index (χ3n) is 2.38. The van der Waals surface area contributed by atoms with E-state index in [1.165, 1.54) is 0 Å². The lowest BCUT2D eigenvalue weighted by Crippen LogP contribution is -2.46. The van der Waals surface area contributed by atoms with Gasteiger partial charge in [0, 0.05) is 12.8 Å². The molecule has 1 aliphatic rings. The Morgan fingerprint density at radius 2 is 1.52 bits per heavy atom. The monoisotopic (exact) mass is 301 g/mol. The fraction of sp³-hybridized carbons (Fsp3) is 0.500. The van der Waals surface area contributed by atoms with Gasteiger partial charge in [0.05, 0.1) is 19.6 Å². The largest absolute Gasteiger partial charge is 0.369 e. The number of carbonyl (C=O) groups excluding carboxylic acids is 5. The fourth-order valence-corrected chi connectivity index (χ4v) is 1.60. The number of nitrogens with zero attached hydrogens (tertiary/aromatic N) is 2. The van der Waals surface area contributed by atoms with Crippen LogP contribution in [0.3, 0.4) is 0 Å². The van der Waals surface area contributed by atoms with E-state index in [-0.39, 0.29) is 25.9 Å². The molecule has 0 saturated carbocycles. The van der Waals surface area contributed by atoms with E-state index in [0.29, 0.717) is 5.06 Å². The highest BCUT2D eigenvalue weighted by Gasteiger charge is 2.31. The number of primary amides is 2. The molecule has 11 nitrogen and oxygen atoms in total. The van der Waals surface area contributed by atoms with Crippen molar-refractivity contribution in [2.24, 2.45) is 11.5 Å². The molecular weight excluding hydrogens is 286 g/mol. The van der Waals surface area contributed by atoms with Crippen LogP contribution in [0.25, 0.3) is 0 Å². The molecule has 0 aromatic heterocycles. The van der Waals surface area contributed by atoms with Crippen LogP contribution in [0.2, 0.25) is 0 Å². The lowest BCUT2D eigenvalue weighted by molar-refractivity contribution is -0.209. The van der Waals surface area contributed by atoms with E-state index in [0.717, 1.165) is 4.90 Å². The second-order valence-corrected chi connectivity index (χ2v) is 4.28. The van der Waals surface area contributed by atoms with Gasteiger partial charge < -0.3 is 11.5 Å². The number of rotatable bonds is 8. The van der Waals surface area contributed by atoms with Gasteiger partial charge in [-0.05, 0) is 0 Å². The summed E-state index contributed by atoms with van der Waals surface area (Å²) in [6, 6.07) is 0.